The number of carbonyl (C=O) groups excluding carboxylic acids is 7. The lowest BCUT2D eigenvalue weighted by Gasteiger charge is -2.31. The molecule has 7 amide bonds. The summed E-state index contributed by atoms with van der Waals surface area (Å²) in [7, 11) is 0. The molecule has 0 radical (unpaired) electrons. The Balaban J connectivity index is 0.000000141. The predicted molar refractivity (Wildman–Crippen MR) is 413 cm³/mol. The van der Waals surface area contributed by atoms with Crippen molar-refractivity contribution in [2.45, 2.75) is 77.6 Å². The molecule has 3 saturated carbocycles. The van der Waals surface area contributed by atoms with Crippen LogP contribution in [0.15, 0.2) is 207 Å². The van der Waals surface area contributed by atoms with Crippen molar-refractivity contribution >= 4 is 79.9 Å². The number of piperidine rings is 1. The first kappa shape index (κ1) is 76.9. The van der Waals surface area contributed by atoms with Crippen LogP contribution in [0, 0.1) is 45.6 Å². The number of nitrogens with two attached hydrogens (primary N) is 2. The summed E-state index contributed by atoms with van der Waals surface area (Å²) >= 11 is 0. The SMILES string of the molecule is NC(=O)[C@@]1(Cc2ccc(OCc3cc(-c4cccnc4)nc4ccccc34)c(F)c2)C[C@@H]1C(=O)NO.NC(=O)[C@@]1(Cc2ccc(OCc3cc(N4CCCCC4)nc4ccccc34)c(F)c2)C[C@@H]1C(=O)NO.O=C1CN(C(=O)[C@@]2(Cc3ccc(OCc4cc(-c5ccccc5)nc5ccccc45)cc3)C[C@@H]2C(=O)NO)CCN1. The first-order chi connectivity index (χ1) is 54.8. The van der Waals surface area contributed by atoms with Gasteiger partial charge in [-0.2, -0.15) is 0 Å². The number of hydroxylamine groups is 3. The number of hydrogen-bond acceptors (Lipinski definition) is 18. The fraction of sp³-hybridized carbons (Fsp3) is 0.267. The Bertz CT molecular complexity index is 5430. The number of benzene rings is 7. The molecule has 11 N–H and O–H groups in total. The van der Waals surface area contributed by atoms with Crippen molar-refractivity contribution < 1.29 is 72.2 Å². The fourth-order valence-corrected chi connectivity index (χ4v) is 15.5. The number of anilines is 1. The molecule has 2 aliphatic heterocycles. The van der Waals surface area contributed by atoms with E-state index in [0.717, 1.165) is 109 Å². The largest absolute Gasteiger partial charge is 0.489 e. The van der Waals surface area contributed by atoms with Crippen molar-refractivity contribution in [3.63, 3.8) is 0 Å². The number of primary amides is 2. The van der Waals surface area contributed by atoms with Gasteiger partial charge >= 0.3 is 0 Å². The number of hydrogen-bond donors (Lipinski definition) is 9. The third-order valence-electron chi connectivity index (χ3n) is 22.0. The smallest absolute Gasteiger partial charge is 0.247 e. The number of nitrogens with one attached hydrogen (secondary N) is 4. The normalized spacial score (nSPS) is 19.9. The fourth-order valence-electron chi connectivity index (χ4n) is 15.5. The van der Waals surface area contributed by atoms with Crippen LogP contribution < -0.4 is 52.3 Å². The van der Waals surface area contributed by atoms with E-state index in [2.05, 4.69) is 21.3 Å². The minimum absolute atomic E-state index is 0.0312. The van der Waals surface area contributed by atoms with Crippen LogP contribution >= 0.6 is 0 Å². The lowest BCUT2D eigenvalue weighted by molar-refractivity contribution is -0.145. The Morgan fingerprint density at radius 3 is 1.44 bits per heavy atom. The van der Waals surface area contributed by atoms with Gasteiger partial charge in [-0.05, 0) is 159 Å². The standard InChI is InChI=1S/C32H30N4O5.C27H29FN4O4.C27H23FN4O4/c37-29-19-36(15-14-33-29)31(39)32(18-26(32)30(38)35-40)17-21-10-12-24(13-11-21)41-20-23-16-28(22-6-2-1-3-7-22)34-27-9-5-4-8-25(23)27;28-21-12-17(14-27(26(29)34)15-20(27)25(33)31-35)8-9-23(21)36-16-18-13-24(32-10-4-1-5-11-32)30-22-7-3-2-6-19(18)22;28-21-10-16(12-27(26(29)34)13-20(27)25(33)32-35)7-8-24(21)36-15-18-11-23(17-4-3-9-30-14-17)31-22-6-2-1-5-19(18)22/h1-13,16,26,40H,14-15,17-20H2,(H,33,37)(H,35,38);2-3,6-9,12-13,20,35H,1,4-5,10-11,14-16H2,(H2,29,34)(H,31,33);1-11,14,20,35H,12-13,15H2,(H2,29,34)(H,32,33)/t26-,32+;2*20-,27+/m111/s1. The molecule has 113 heavy (non-hydrogen) atoms. The number of rotatable bonds is 24. The second-order valence-corrected chi connectivity index (χ2v) is 29.2. The molecule has 11 aromatic rings. The predicted octanol–water partition coefficient (Wildman–Crippen LogP) is 10.5. The van der Waals surface area contributed by atoms with Gasteiger partial charge in [0.15, 0.2) is 23.1 Å². The van der Waals surface area contributed by atoms with Crippen molar-refractivity contribution in [3.8, 4) is 39.8 Å². The van der Waals surface area contributed by atoms with Crippen molar-refractivity contribution in [2.24, 2.45) is 45.5 Å². The quantitative estimate of drug-likeness (QED) is 0.0200. The number of amides is 7. The van der Waals surface area contributed by atoms with Gasteiger partial charge in [-0.15, -0.1) is 0 Å². The molecule has 0 unspecified atom stereocenters. The highest BCUT2D eigenvalue weighted by Gasteiger charge is 2.65. The average Bonchev–Trinajstić information content (AvgIpc) is 1.58. The summed E-state index contributed by atoms with van der Waals surface area (Å²) in [4.78, 5) is 108. The minimum atomic E-state index is -1.14. The molecule has 2 saturated heterocycles. The van der Waals surface area contributed by atoms with Gasteiger partial charge in [0.25, 0.3) is 0 Å². The Hall–Kier alpha value is -12.9. The summed E-state index contributed by atoms with van der Waals surface area (Å²) in [6, 6.07) is 59.6. The van der Waals surface area contributed by atoms with Gasteiger partial charge in [0.2, 0.25) is 41.4 Å². The second kappa shape index (κ2) is 33.4. The van der Waals surface area contributed by atoms with E-state index < -0.39 is 75.2 Å². The highest BCUT2D eigenvalue weighted by atomic mass is 19.1. The summed E-state index contributed by atoms with van der Waals surface area (Å²) in [6.45, 7) is 3.30. The molecule has 25 nitrogen and oxygen atoms in total. The third kappa shape index (κ3) is 16.9. The van der Waals surface area contributed by atoms with E-state index in [0.29, 0.717) is 49.4 Å². The molecular weight excluding hydrogens is 1450 g/mol. The first-order valence-corrected chi connectivity index (χ1v) is 37.2. The molecule has 16 rings (SSSR count). The molecule has 5 aliphatic rings. The number of nitrogens with zero attached hydrogens (tertiary/aromatic N) is 6. The lowest BCUT2D eigenvalue weighted by Crippen LogP contribution is -2.53. The number of aromatic nitrogens is 4. The summed E-state index contributed by atoms with van der Waals surface area (Å²) < 4.78 is 47.8. The molecule has 6 atom stereocenters. The average molecular weight is 1530 g/mol. The van der Waals surface area contributed by atoms with E-state index in [9.17, 15) is 47.5 Å². The zero-order valence-corrected chi connectivity index (χ0v) is 61.4. The second-order valence-electron chi connectivity index (χ2n) is 29.2. The number of fused-ring (bicyclic) bond motifs is 3. The molecular formula is C86H82F2N12O13. The number of para-hydroxylation sites is 3. The topological polar surface area (TPSA) is 366 Å². The van der Waals surface area contributed by atoms with Gasteiger partial charge in [0.1, 0.15) is 31.4 Å². The molecule has 5 fully saturated rings. The Morgan fingerprint density at radius 2 is 0.947 bits per heavy atom. The van der Waals surface area contributed by atoms with Crippen molar-refractivity contribution in [2.75, 3.05) is 37.6 Å². The third-order valence-corrected chi connectivity index (χ3v) is 22.0. The van der Waals surface area contributed by atoms with Crippen molar-refractivity contribution in [3.05, 3.63) is 252 Å². The van der Waals surface area contributed by atoms with Crippen LogP contribution in [-0.2, 0) is 72.6 Å². The maximum absolute atomic E-state index is 15.0. The maximum atomic E-state index is 15.0. The summed E-state index contributed by atoms with van der Waals surface area (Å²) in [5, 5.41) is 32.6. The molecule has 27 heteroatoms. The van der Waals surface area contributed by atoms with Crippen LogP contribution in [0.2, 0.25) is 0 Å². The minimum Gasteiger partial charge on any atom is -0.489 e. The summed E-state index contributed by atoms with van der Waals surface area (Å²) in [5.74, 6) is -5.25. The van der Waals surface area contributed by atoms with E-state index in [1.165, 1.54) is 35.6 Å². The van der Waals surface area contributed by atoms with E-state index in [1.807, 2.05) is 152 Å². The van der Waals surface area contributed by atoms with Crippen LogP contribution in [0.4, 0.5) is 14.6 Å². The number of ether oxygens (including phenoxy) is 3. The Labute approximate surface area is 647 Å². The summed E-state index contributed by atoms with van der Waals surface area (Å²) in [6.07, 6.45) is 8.15. The lowest BCUT2D eigenvalue weighted by atomic mass is 9.91. The molecule has 0 bridgehead atoms. The van der Waals surface area contributed by atoms with Crippen LogP contribution in [-0.4, -0.2) is 115 Å². The van der Waals surface area contributed by atoms with Gasteiger partial charge in [-0.25, -0.2) is 40.2 Å². The van der Waals surface area contributed by atoms with Gasteiger partial charge in [0.05, 0.1) is 68.5 Å². The van der Waals surface area contributed by atoms with Gasteiger partial charge in [-0.1, -0.05) is 109 Å². The molecule has 4 aromatic heterocycles. The zero-order valence-electron chi connectivity index (χ0n) is 61.4. The summed E-state index contributed by atoms with van der Waals surface area (Å²) in [5.41, 5.74) is 23.3. The molecule has 7 aromatic carbocycles. The van der Waals surface area contributed by atoms with Crippen molar-refractivity contribution in [1.82, 2.24) is 46.6 Å². The van der Waals surface area contributed by atoms with E-state index >= 15 is 0 Å². The van der Waals surface area contributed by atoms with Crippen LogP contribution in [0.5, 0.6) is 17.2 Å². The molecule has 3 aliphatic carbocycles. The number of pyridine rings is 4. The number of piperazine rings is 1. The van der Waals surface area contributed by atoms with E-state index in [1.54, 1.807) is 41.0 Å². The van der Waals surface area contributed by atoms with Gasteiger partial charge in [0, 0.05) is 82.5 Å². The first-order valence-electron chi connectivity index (χ1n) is 37.2. The Morgan fingerprint density at radius 1 is 0.496 bits per heavy atom. The van der Waals surface area contributed by atoms with Crippen LogP contribution in [0.1, 0.15) is 71.9 Å². The molecule has 578 valence electrons. The van der Waals surface area contributed by atoms with Crippen LogP contribution in [0.25, 0.3) is 55.2 Å². The zero-order chi connectivity index (χ0) is 79.0. The van der Waals surface area contributed by atoms with Crippen LogP contribution in [0.3, 0.4) is 0 Å². The highest BCUT2D eigenvalue weighted by molar-refractivity contribution is 5.99. The highest BCUT2D eigenvalue weighted by Crippen LogP contribution is 2.58. The maximum Gasteiger partial charge on any atom is 0.247 e. The molecule has 6 heterocycles. The van der Waals surface area contributed by atoms with E-state index in [-0.39, 0.29) is 68.8 Å². The number of halogens is 2. The van der Waals surface area contributed by atoms with Gasteiger partial charge < -0.3 is 40.8 Å². The number of carbonyl (C=O) groups is 7. The van der Waals surface area contributed by atoms with E-state index in [4.69, 9.17) is 51.0 Å². The van der Waals surface area contributed by atoms with Gasteiger partial charge in [-0.3, -0.25) is 54.2 Å². The Kier molecular flexibility index (Phi) is 22.7. The monoisotopic (exact) mass is 1530 g/mol. The molecule has 0 spiro atoms. The van der Waals surface area contributed by atoms with Crippen molar-refractivity contribution in [1.29, 1.82) is 0 Å².